The molecule has 1 aromatic heterocycles. The Bertz CT molecular complexity index is 1140. The molecule has 2 aromatic carbocycles. The van der Waals surface area contributed by atoms with Gasteiger partial charge in [-0.3, -0.25) is 4.79 Å². The Hall–Kier alpha value is -3.49. The van der Waals surface area contributed by atoms with E-state index in [1.807, 2.05) is 30.3 Å². The molecule has 35 heavy (non-hydrogen) atoms. The van der Waals surface area contributed by atoms with Gasteiger partial charge in [-0.2, -0.15) is 0 Å². The number of hydrogen-bond acceptors (Lipinski definition) is 7. The van der Waals surface area contributed by atoms with Crippen LogP contribution in [-0.4, -0.2) is 66.6 Å². The van der Waals surface area contributed by atoms with E-state index in [0.29, 0.717) is 12.0 Å². The van der Waals surface area contributed by atoms with Crippen molar-refractivity contribution in [3.63, 3.8) is 0 Å². The molecule has 2 aliphatic rings. The molecule has 0 radical (unpaired) electrons. The van der Waals surface area contributed by atoms with Crippen LogP contribution in [0.3, 0.4) is 0 Å². The standard InChI is InChI=1S/C27H33N7O/c1-33(2)23-14-17-34(18-23)22-11-9-21(10-12-22)31-27-29-16-13-24(32-27)19-5-7-20(8-6-19)30-26(35)25-4-3-15-28-25/h5-13,16,23,25,28H,3-4,14-15,17-18H2,1-2H3,(H,30,35)(H,29,31,32)/t23-,25-/m1/s1. The quantitative estimate of drug-likeness (QED) is 0.484. The Balaban J connectivity index is 1.21. The summed E-state index contributed by atoms with van der Waals surface area (Å²) in [5.41, 5.74) is 4.77. The Labute approximate surface area is 206 Å². The summed E-state index contributed by atoms with van der Waals surface area (Å²) in [4.78, 5) is 26.1. The van der Waals surface area contributed by atoms with E-state index < -0.39 is 0 Å². The number of benzene rings is 2. The van der Waals surface area contributed by atoms with Gasteiger partial charge < -0.3 is 25.8 Å². The van der Waals surface area contributed by atoms with Gasteiger partial charge in [-0.15, -0.1) is 0 Å². The van der Waals surface area contributed by atoms with Crippen LogP contribution in [0.2, 0.25) is 0 Å². The maximum atomic E-state index is 12.3. The highest BCUT2D eigenvalue weighted by Crippen LogP contribution is 2.26. The van der Waals surface area contributed by atoms with Crippen LogP contribution in [0.15, 0.2) is 60.8 Å². The number of nitrogens with one attached hydrogen (secondary N) is 3. The average Bonchev–Trinajstić information content (AvgIpc) is 3.58. The second kappa shape index (κ2) is 10.4. The van der Waals surface area contributed by atoms with Gasteiger partial charge >= 0.3 is 0 Å². The van der Waals surface area contributed by atoms with Gasteiger partial charge in [0.15, 0.2) is 0 Å². The molecular weight excluding hydrogens is 438 g/mol. The highest BCUT2D eigenvalue weighted by molar-refractivity contribution is 5.95. The lowest BCUT2D eigenvalue weighted by Gasteiger charge is -2.22. The molecule has 2 aliphatic heterocycles. The number of likely N-dealkylation sites (N-methyl/N-ethyl adjacent to an activating group) is 1. The first-order valence-electron chi connectivity index (χ1n) is 12.3. The molecule has 0 saturated carbocycles. The first-order valence-corrected chi connectivity index (χ1v) is 12.3. The molecule has 8 nitrogen and oxygen atoms in total. The Morgan fingerprint density at radius 1 is 1.03 bits per heavy atom. The van der Waals surface area contributed by atoms with Gasteiger partial charge in [-0.1, -0.05) is 12.1 Å². The third-order valence-electron chi connectivity index (χ3n) is 6.86. The topological polar surface area (TPSA) is 85.4 Å². The lowest BCUT2D eigenvalue weighted by molar-refractivity contribution is -0.117. The van der Waals surface area contributed by atoms with Gasteiger partial charge in [0, 0.05) is 48.0 Å². The maximum absolute atomic E-state index is 12.3. The van der Waals surface area contributed by atoms with Gasteiger partial charge in [-0.25, -0.2) is 9.97 Å². The fraction of sp³-hybridized carbons (Fsp3) is 0.370. The molecule has 3 aromatic rings. The van der Waals surface area contributed by atoms with E-state index in [-0.39, 0.29) is 11.9 Å². The molecule has 0 aliphatic carbocycles. The Kier molecular flexibility index (Phi) is 6.92. The van der Waals surface area contributed by atoms with Gasteiger partial charge in [0.25, 0.3) is 0 Å². The number of amides is 1. The Morgan fingerprint density at radius 3 is 2.49 bits per heavy atom. The summed E-state index contributed by atoms with van der Waals surface area (Å²) in [6.07, 6.45) is 4.88. The minimum Gasteiger partial charge on any atom is -0.370 e. The zero-order chi connectivity index (χ0) is 24.2. The van der Waals surface area contributed by atoms with Crippen molar-refractivity contribution in [2.75, 3.05) is 49.3 Å². The summed E-state index contributed by atoms with van der Waals surface area (Å²) in [6.45, 7) is 3.05. The molecule has 3 N–H and O–H groups in total. The van der Waals surface area contributed by atoms with Crippen molar-refractivity contribution in [3.05, 3.63) is 60.8 Å². The molecular formula is C27H33N7O. The number of carbonyl (C=O) groups excluding carboxylic acids is 1. The minimum atomic E-state index is -0.0930. The molecule has 0 unspecified atom stereocenters. The van der Waals surface area contributed by atoms with Crippen LogP contribution in [-0.2, 0) is 4.79 Å². The lowest BCUT2D eigenvalue weighted by Crippen LogP contribution is -2.35. The Morgan fingerprint density at radius 2 is 1.80 bits per heavy atom. The van der Waals surface area contributed by atoms with E-state index in [0.717, 1.165) is 55.1 Å². The van der Waals surface area contributed by atoms with Gasteiger partial charge in [0.05, 0.1) is 11.7 Å². The third kappa shape index (κ3) is 5.61. The fourth-order valence-corrected chi connectivity index (χ4v) is 4.72. The second-order valence-electron chi connectivity index (χ2n) is 9.51. The van der Waals surface area contributed by atoms with Crippen LogP contribution >= 0.6 is 0 Å². The number of carbonyl (C=O) groups is 1. The van der Waals surface area contributed by atoms with E-state index in [2.05, 4.69) is 74.1 Å². The molecule has 0 bridgehead atoms. The van der Waals surface area contributed by atoms with Crippen molar-refractivity contribution in [1.29, 1.82) is 0 Å². The molecule has 5 rings (SSSR count). The highest BCUT2D eigenvalue weighted by Gasteiger charge is 2.24. The third-order valence-corrected chi connectivity index (χ3v) is 6.86. The van der Waals surface area contributed by atoms with E-state index in [9.17, 15) is 4.79 Å². The summed E-state index contributed by atoms with van der Waals surface area (Å²) in [6, 6.07) is 18.6. The molecule has 2 saturated heterocycles. The summed E-state index contributed by atoms with van der Waals surface area (Å²) >= 11 is 0. The van der Waals surface area contributed by atoms with Crippen molar-refractivity contribution in [2.24, 2.45) is 0 Å². The monoisotopic (exact) mass is 471 g/mol. The molecule has 182 valence electrons. The maximum Gasteiger partial charge on any atom is 0.241 e. The zero-order valence-electron chi connectivity index (χ0n) is 20.4. The van der Waals surface area contributed by atoms with Crippen molar-refractivity contribution < 1.29 is 4.79 Å². The summed E-state index contributed by atoms with van der Waals surface area (Å²) in [5.74, 6) is 0.575. The van der Waals surface area contributed by atoms with Crippen LogP contribution in [0, 0.1) is 0 Å². The largest absolute Gasteiger partial charge is 0.370 e. The van der Waals surface area contributed by atoms with E-state index >= 15 is 0 Å². The number of hydrogen-bond donors (Lipinski definition) is 3. The second-order valence-corrected chi connectivity index (χ2v) is 9.51. The van der Waals surface area contributed by atoms with E-state index in [1.165, 1.54) is 12.1 Å². The first-order chi connectivity index (χ1) is 17.0. The summed E-state index contributed by atoms with van der Waals surface area (Å²) < 4.78 is 0. The summed E-state index contributed by atoms with van der Waals surface area (Å²) in [7, 11) is 4.30. The average molecular weight is 472 g/mol. The SMILES string of the molecule is CN(C)[C@@H]1CCN(c2ccc(Nc3nccc(-c4ccc(NC(=O)[C@H]5CCCN5)cc4)n3)cc2)C1. The van der Waals surface area contributed by atoms with Crippen LogP contribution in [0.4, 0.5) is 23.0 Å². The molecule has 0 spiro atoms. The van der Waals surface area contributed by atoms with E-state index in [4.69, 9.17) is 0 Å². The predicted octanol–water partition coefficient (Wildman–Crippen LogP) is 3.72. The van der Waals surface area contributed by atoms with E-state index in [1.54, 1.807) is 6.20 Å². The number of rotatable bonds is 7. The van der Waals surface area contributed by atoms with Crippen molar-refractivity contribution in [1.82, 2.24) is 20.2 Å². The van der Waals surface area contributed by atoms with Gasteiger partial charge in [0.2, 0.25) is 11.9 Å². The van der Waals surface area contributed by atoms with Crippen LogP contribution in [0.5, 0.6) is 0 Å². The number of nitrogens with zero attached hydrogens (tertiary/aromatic N) is 4. The molecule has 1 amide bonds. The molecule has 8 heteroatoms. The predicted molar refractivity (Wildman–Crippen MR) is 141 cm³/mol. The number of anilines is 4. The smallest absolute Gasteiger partial charge is 0.241 e. The highest BCUT2D eigenvalue weighted by atomic mass is 16.2. The molecule has 2 fully saturated rings. The minimum absolute atomic E-state index is 0.0250. The normalized spacial score (nSPS) is 19.8. The van der Waals surface area contributed by atoms with Gasteiger partial charge in [-0.05, 0) is 82.4 Å². The van der Waals surface area contributed by atoms with Gasteiger partial charge in [0.1, 0.15) is 0 Å². The summed E-state index contributed by atoms with van der Waals surface area (Å²) in [5, 5.41) is 9.52. The van der Waals surface area contributed by atoms with Crippen molar-refractivity contribution >= 4 is 28.9 Å². The fourth-order valence-electron chi connectivity index (χ4n) is 4.72. The van der Waals surface area contributed by atoms with Crippen LogP contribution in [0.25, 0.3) is 11.3 Å². The van der Waals surface area contributed by atoms with Crippen molar-refractivity contribution in [3.8, 4) is 11.3 Å². The van der Waals surface area contributed by atoms with Crippen LogP contribution in [0.1, 0.15) is 19.3 Å². The molecule has 2 atom stereocenters. The van der Waals surface area contributed by atoms with Crippen molar-refractivity contribution in [2.45, 2.75) is 31.3 Å². The number of aromatic nitrogens is 2. The van der Waals surface area contributed by atoms with Crippen LogP contribution < -0.4 is 20.9 Å². The lowest BCUT2D eigenvalue weighted by atomic mass is 10.1. The molecule has 3 heterocycles. The first kappa shape index (κ1) is 23.3. The zero-order valence-corrected chi connectivity index (χ0v) is 20.4.